The van der Waals surface area contributed by atoms with E-state index in [9.17, 15) is 5.11 Å². The molecule has 2 aliphatic rings. The van der Waals surface area contributed by atoms with Crippen LogP contribution in [0.5, 0.6) is 0 Å². The molecule has 0 aromatic heterocycles. The van der Waals surface area contributed by atoms with E-state index in [2.05, 4.69) is 4.90 Å². The Labute approximate surface area is 117 Å². The number of nitrogens with zero attached hydrogens (tertiary/aromatic N) is 1. The van der Waals surface area contributed by atoms with Crippen molar-refractivity contribution in [1.29, 1.82) is 0 Å². The molecule has 3 N–H and O–H groups in total. The van der Waals surface area contributed by atoms with Crippen LogP contribution in [-0.2, 0) is 4.74 Å². The molecule has 0 unspecified atom stereocenters. The Morgan fingerprint density at radius 2 is 1.84 bits per heavy atom. The number of rotatable bonds is 6. The summed E-state index contributed by atoms with van der Waals surface area (Å²) in [5.74, 6) is 0. The minimum absolute atomic E-state index is 0.406. The first kappa shape index (κ1) is 15.2. The lowest BCUT2D eigenvalue weighted by atomic mass is 9.84. The Hall–Kier alpha value is -0.160. The van der Waals surface area contributed by atoms with E-state index in [0.29, 0.717) is 12.6 Å². The van der Waals surface area contributed by atoms with E-state index in [1.54, 1.807) is 0 Å². The predicted octanol–water partition coefficient (Wildman–Crippen LogP) is 1.51. The summed E-state index contributed by atoms with van der Waals surface area (Å²) in [7, 11) is 0. The molecular formula is C15H30N2O2. The van der Waals surface area contributed by atoms with Crippen molar-refractivity contribution in [3.63, 3.8) is 0 Å². The molecule has 2 rings (SSSR count). The van der Waals surface area contributed by atoms with Gasteiger partial charge in [-0.1, -0.05) is 19.3 Å². The number of β-amino-alcohol motifs (C(OH)–C–C–N with tert-alkyl or cyclic N) is 1. The number of likely N-dealkylation sites (tertiary alicyclic amines) is 1. The molecule has 0 spiro atoms. The molecule has 1 saturated carbocycles. The van der Waals surface area contributed by atoms with Crippen LogP contribution in [0.3, 0.4) is 0 Å². The number of piperidine rings is 1. The van der Waals surface area contributed by atoms with Gasteiger partial charge >= 0.3 is 0 Å². The van der Waals surface area contributed by atoms with E-state index >= 15 is 0 Å². The number of ether oxygens (including phenoxy) is 1. The van der Waals surface area contributed by atoms with E-state index in [4.69, 9.17) is 10.5 Å². The van der Waals surface area contributed by atoms with E-state index in [1.807, 2.05) is 0 Å². The van der Waals surface area contributed by atoms with Crippen molar-refractivity contribution in [2.45, 2.75) is 63.1 Å². The lowest BCUT2D eigenvalue weighted by molar-refractivity contribution is -0.0483. The van der Waals surface area contributed by atoms with Crippen molar-refractivity contribution in [3.05, 3.63) is 0 Å². The molecule has 0 atom stereocenters. The average Bonchev–Trinajstić information content (AvgIpc) is 2.41. The number of hydrogen-bond donors (Lipinski definition) is 2. The smallest absolute Gasteiger partial charge is 0.0774 e. The summed E-state index contributed by atoms with van der Waals surface area (Å²) in [4.78, 5) is 2.42. The Morgan fingerprint density at radius 1 is 1.16 bits per heavy atom. The van der Waals surface area contributed by atoms with Gasteiger partial charge in [-0.05, 0) is 38.6 Å². The molecule has 1 heterocycles. The number of hydrogen-bond acceptors (Lipinski definition) is 4. The van der Waals surface area contributed by atoms with E-state index in [0.717, 1.165) is 58.3 Å². The molecule has 1 aliphatic heterocycles. The first-order valence-corrected chi connectivity index (χ1v) is 7.98. The van der Waals surface area contributed by atoms with Crippen molar-refractivity contribution < 1.29 is 9.84 Å². The van der Waals surface area contributed by atoms with Gasteiger partial charge in [-0.3, -0.25) is 0 Å². The van der Waals surface area contributed by atoms with Crippen LogP contribution in [0.1, 0.15) is 51.4 Å². The van der Waals surface area contributed by atoms with Gasteiger partial charge in [0.15, 0.2) is 0 Å². The Morgan fingerprint density at radius 3 is 2.47 bits per heavy atom. The lowest BCUT2D eigenvalue weighted by Crippen LogP contribution is -2.48. The second kappa shape index (κ2) is 7.58. The molecule has 112 valence electrons. The van der Waals surface area contributed by atoms with Gasteiger partial charge in [-0.25, -0.2) is 0 Å². The van der Waals surface area contributed by atoms with Crippen molar-refractivity contribution in [2.75, 3.05) is 32.8 Å². The van der Waals surface area contributed by atoms with Crippen LogP contribution in [0.25, 0.3) is 0 Å². The number of nitrogens with two attached hydrogens (primary N) is 1. The third kappa shape index (κ3) is 5.03. The Kier molecular flexibility index (Phi) is 6.07. The van der Waals surface area contributed by atoms with Crippen LogP contribution in [0, 0.1) is 0 Å². The summed E-state index contributed by atoms with van der Waals surface area (Å²) in [5, 5.41) is 10.6. The molecule has 0 amide bonds. The molecule has 0 radical (unpaired) electrons. The van der Waals surface area contributed by atoms with Crippen LogP contribution in [0.15, 0.2) is 0 Å². The minimum Gasteiger partial charge on any atom is -0.389 e. The summed E-state index contributed by atoms with van der Waals surface area (Å²) in [5.41, 5.74) is 5.06. The Balaban J connectivity index is 1.65. The normalized spacial score (nSPS) is 25.6. The Bertz CT molecular complexity index is 247. The maximum atomic E-state index is 10.6. The highest BCUT2D eigenvalue weighted by molar-refractivity contribution is 4.87. The highest BCUT2D eigenvalue weighted by Gasteiger charge is 2.32. The zero-order chi connectivity index (χ0) is 13.6. The van der Waals surface area contributed by atoms with Gasteiger partial charge in [0.05, 0.1) is 11.7 Å². The van der Waals surface area contributed by atoms with Crippen molar-refractivity contribution in [2.24, 2.45) is 5.73 Å². The van der Waals surface area contributed by atoms with Crippen LogP contribution >= 0.6 is 0 Å². The third-order valence-corrected chi connectivity index (χ3v) is 4.54. The van der Waals surface area contributed by atoms with Crippen LogP contribution < -0.4 is 5.73 Å². The third-order valence-electron chi connectivity index (χ3n) is 4.54. The molecule has 0 aromatic rings. The maximum absolute atomic E-state index is 10.6. The summed E-state index contributed by atoms with van der Waals surface area (Å²) in [6.45, 7) is 4.50. The highest BCUT2D eigenvalue weighted by Crippen LogP contribution is 2.29. The first-order valence-electron chi connectivity index (χ1n) is 7.98. The van der Waals surface area contributed by atoms with Crippen molar-refractivity contribution in [1.82, 2.24) is 4.90 Å². The van der Waals surface area contributed by atoms with Gasteiger partial charge in [0, 0.05) is 26.2 Å². The monoisotopic (exact) mass is 270 g/mol. The van der Waals surface area contributed by atoms with Gasteiger partial charge in [-0.2, -0.15) is 0 Å². The molecule has 19 heavy (non-hydrogen) atoms. The summed E-state index contributed by atoms with van der Waals surface area (Å²) >= 11 is 0. The van der Waals surface area contributed by atoms with Gasteiger partial charge in [0.2, 0.25) is 0 Å². The molecular weight excluding hydrogens is 240 g/mol. The average molecular weight is 270 g/mol. The molecule has 4 heteroatoms. The zero-order valence-corrected chi connectivity index (χ0v) is 12.1. The fourth-order valence-electron chi connectivity index (χ4n) is 3.35. The van der Waals surface area contributed by atoms with E-state index in [-0.39, 0.29) is 0 Å². The SMILES string of the molecule is NCCCOC1CCN(CC2(O)CCCCC2)CC1. The lowest BCUT2D eigenvalue weighted by Gasteiger charge is -2.39. The van der Waals surface area contributed by atoms with Crippen LogP contribution in [0.2, 0.25) is 0 Å². The van der Waals surface area contributed by atoms with Gasteiger partial charge in [-0.15, -0.1) is 0 Å². The highest BCUT2D eigenvalue weighted by atomic mass is 16.5. The summed E-state index contributed by atoms with van der Waals surface area (Å²) in [6, 6.07) is 0. The number of aliphatic hydroxyl groups is 1. The van der Waals surface area contributed by atoms with Crippen LogP contribution in [-0.4, -0.2) is 54.5 Å². The second-order valence-electron chi connectivity index (χ2n) is 6.27. The molecule has 4 nitrogen and oxygen atoms in total. The topological polar surface area (TPSA) is 58.7 Å². The predicted molar refractivity (Wildman–Crippen MR) is 77.1 cm³/mol. The molecule has 1 aliphatic carbocycles. The quantitative estimate of drug-likeness (QED) is 0.718. The molecule has 1 saturated heterocycles. The molecule has 0 bridgehead atoms. The van der Waals surface area contributed by atoms with Gasteiger partial charge < -0.3 is 20.5 Å². The zero-order valence-electron chi connectivity index (χ0n) is 12.1. The van der Waals surface area contributed by atoms with Crippen molar-refractivity contribution in [3.8, 4) is 0 Å². The van der Waals surface area contributed by atoms with E-state index < -0.39 is 5.60 Å². The van der Waals surface area contributed by atoms with Gasteiger partial charge in [0.25, 0.3) is 0 Å². The van der Waals surface area contributed by atoms with Crippen molar-refractivity contribution >= 4 is 0 Å². The molecule has 2 fully saturated rings. The molecule has 0 aromatic carbocycles. The summed E-state index contributed by atoms with van der Waals surface area (Å²) in [6.07, 6.45) is 9.20. The standard InChI is InChI=1S/C15H30N2O2/c16-9-4-12-19-14-5-10-17(11-6-14)13-15(18)7-2-1-3-8-15/h14,18H,1-13,16H2. The van der Waals surface area contributed by atoms with Crippen LogP contribution in [0.4, 0.5) is 0 Å². The maximum Gasteiger partial charge on any atom is 0.0774 e. The second-order valence-corrected chi connectivity index (χ2v) is 6.27. The minimum atomic E-state index is -0.411. The largest absolute Gasteiger partial charge is 0.389 e. The van der Waals surface area contributed by atoms with Gasteiger partial charge in [0.1, 0.15) is 0 Å². The van der Waals surface area contributed by atoms with E-state index in [1.165, 1.54) is 19.3 Å². The summed E-state index contributed by atoms with van der Waals surface area (Å²) < 4.78 is 5.82. The fraction of sp³-hybridized carbons (Fsp3) is 1.00. The first-order chi connectivity index (χ1) is 9.22. The fourth-order valence-corrected chi connectivity index (χ4v) is 3.35.